The SMILES string of the molecule is O=C(NCCn1c(=O)c(=O)[nH]c2ccccc21)c1ccc(F)c(F)c1F. The van der Waals surface area contributed by atoms with Crippen LogP contribution in [0.3, 0.4) is 0 Å². The summed E-state index contributed by atoms with van der Waals surface area (Å²) in [6, 6.07) is 8.04. The normalized spacial score (nSPS) is 10.9. The lowest BCUT2D eigenvalue weighted by molar-refractivity contribution is 0.0947. The van der Waals surface area contributed by atoms with Crippen molar-refractivity contribution in [1.29, 1.82) is 0 Å². The van der Waals surface area contributed by atoms with Crippen LogP contribution in [0.1, 0.15) is 10.4 Å². The summed E-state index contributed by atoms with van der Waals surface area (Å²) in [6.07, 6.45) is 0. The van der Waals surface area contributed by atoms with Gasteiger partial charge in [0.2, 0.25) is 0 Å². The molecule has 1 amide bonds. The molecule has 1 heterocycles. The summed E-state index contributed by atoms with van der Waals surface area (Å²) >= 11 is 0. The molecule has 3 aromatic rings. The summed E-state index contributed by atoms with van der Waals surface area (Å²) in [7, 11) is 0. The number of rotatable bonds is 4. The summed E-state index contributed by atoms with van der Waals surface area (Å²) in [6.45, 7) is -0.203. The monoisotopic (exact) mass is 363 g/mol. The number of carbonyl (C=O) groups is 1. The second-order valence-corrected chi connectivity index (χ2v) is 5.41. The summed E-state index contributed by atoms with van der Waals surface area (Å²) in [5.74, 6) is -5.71. The van der Waals surface area contributed by atoms with Crippen molar-refractivity contribution < 1.29 is 18.0 Å². The van der Waals surface area contributed by atoms with Crippen molar-refractivity contribution in [1.82, 2.24) is 14.9 Å². The van der Waals surface area contributed by atoms with Gasteiger partial charge in [-0.3, -0.25) is 14.4 Å². The fraction of sp³-hybridized carbons (Fsp3) is 0.118. The maximum Gasteiger partial charge on any atom is 0.316 e. The molecule has 0 aliphatic carbocycles. The van der Waals surface area contributed by atoms with Crippen LogP contribution in [-0.2, 0) is 6.54 Å². The maximum atomic E-state index is 13.6. The van der Waals surface area contributed by atoms with E-state index in [9.17, 15) is 27.6 Å². The number of benzene rings is 2. The van der Waals surface area contributed by atoms with Crippen molar-refractivity contribution in [3.05, 3.63) is 80.1 Å². The van der Waals surface area contributed by atoms with Crippen LogP contribution in [0.25, 0.3) is 11.0 Å². The van der Waals surface area contributed by atoms with Gasteiger partial charge in [0.05, 0.1) is 16.6 Å². The minimum absolute atomic E-state index is 0.0691. The number of fused-ring (bicyclic) bond motifs is 1. The number of para-hydroxylation sites is 2. The van der Waals surface area contributed by atoms with Gasteiger partial charge < -0.3 is 14.9 Å². The van der Waals surface area contributed by atoms with E-state index in [0.717, 1.165) is 10.6 Å². The molecule has 0 aliphatic rings. The predicted molar refractivity (Wildman–Crippen MR) is 87.5 cm³/mol. The smallest absolute Gasteiger partial charge is 0.316 e. The molecule has 2 N–H and O–H groups in total. The van der Waals surface area contributed by atoms with E-state index in [2.05, 4.69) is 10.3 Å². The molecule has 0 aliphatic heterocycles. The van der Waals surface area contributed by atoms with E-state index < -0.39 is 40.0 Å². The second-order valence-electron chi connectivity index (χ2n) is 5.41. The maximum absolute atomic E-state index is 13.6. The number of aromatic nitrogens is 2. The Balaban J connectivity index is 1.81. The Kier molecular flexibility index (Phi) is 4.61. The van der Waals surface area contributed by atoms with Gasteiger partial charge in [-0.2, -0.15) is 0 Å². The number of aromatic amines is 1. The number of halogens is 3. The first-order chi connectivity index (χ1) is 12.4. The summed E-state index contributed by atoms with van der Waals surface area (Å²) in [4.78, 5) is 38.1. The fourth-order valence-electron chi connectivity index (χ4n) is 2.52. The first-order valence-corrected chi connectivity index (χ1v) is 7.53. The zero-order chi connectivity index (χ0) is 18.8. The molecule has 0 radical (unpaired) electrons. The van der Waals surface area contributed by atoms with Gasteiger partial charge >= 0.3 is 11.1 Å². The van der Waals surface area contributed by atoms with Crippen molar-refractivity contribution in [2.24, 2.45) is 0 Å². The van der Waals surface area contributed by atoms with E-state index in [1.54, 1.807) is 24.3 Å². The Morgan fingerprint density at radius 2 is 1.77 bits per heavy atom. The van der Waals surface area contributed by atoms with Gasteiger partial charge in [-0.1, -0.05) is 12.1 Å². The van der Waals surface area contributed by atoms with Gasteiger partial charge in [0.25, 0.3) is 5.91 Å². The molecular formula is C17H12F3N3O3. The zero-order valence-corrected chi connectivity index (χ0v) is 13.2. The molecule has 0 unspecified atom stereocenters. The largest absolute Gasteiger partial charge is 0.350 e. The topological polar surface area (TPSA) is 84.0 Å². The van der Waals surface area contributed by atoms with Crippen LogP contribution >= 0.6 is 0 Å². The number of hydrogen-bond acceptors (Lipinski definition) is 3. The fourth-order valence-corrected chi connectivity index (χ4v) is 2.52. The Morgan fingerprint density at radius 3 is 2.54 bits per heavy atom. The summed E-state index contributed by atoms with van der Waals surface area (Å²) in [5, 5.41) is 2.31. The highest BCUT2D eigenvalue weighted by Crippen LogP contribution is 2.15. The molecule has 0 fully saturated rings. The molecule has 0 saturated carbocycles. The minimum atomic E-state index is -1.74. The molecule has 2 aromatic carbocycles. The minimum Gasteiger partial charge on any atom is -0.350 e. The average molecular weight is 363 g/mol. The lowest BCUT2D eigenvalue weighted by Gasteiger charge is -2.11. The molecule has 1 aromatic heterocycles. The Hall–Kier alpha value is -3.36. The number of H-pyrrole nitrogens is 1. The first kappa shape index (κ1) is 17.5. The van der Waals surface area contributed by atoms with Crippen LogP contribution in [0.2, 0.25) is 0 Å². The second kappa shape index (κ2) is 6.87. The molecule has 6 nitrogen and oxygen atoms in total. The van der Waals surface area contributed by atoms with Gasteiger partial charge in [0.1, 0.15) is 0 Å². The van der Waals surface area contributed by atoms with Gasteiger partial charge in [0.15, 0.2) is 17.5 Å². The zero-order valence-electron chi connectivity index (χ0n) is 13.2. The van der Waals surface area contributed by atoms with E-state index in [-0.39, 0.29) is 13.1 Å². The quantitative estimate of drug-likeness (QED) is 0.545. The van der Waals surface area contributed by atoms with Gasteiger partial charge in [-0.25, -0.2) is 13.2 Å². The van der Waals surface area contributed by atoms with Crippen LogP contribution in [0.15, 0.2) is 46.0 Å². The average Bonchev–Trinajstić information content (AvgIpc) is 2.63. The molecule has 3 rings (SSSR count). The number of carbonyl (C=O) groups excluding carboxylic acids is 1. The number of nitrogens with one attached hydrogen (secondary N) is 2. The van der Waals surface area contributed by atoms with E-state index >= 15 is 0 Å². The molecular weight excluding hydrogens is 351 g/mol. The molecule has 9 heteroatoms. The van der Waals surface area contributed by atoms with Crippen molar-refractivity contribution >= 4 is 16.9 Å². The van der Waals surface area contributed by atoms with E-state index in [1.165, 1.54) is 0 Å². The van der Waals surface area contributed by atoms with Crippen molar-refractivity contribution in [3.8, 4) is 0 Å². The van der Waals surface area contributed by atoms with Crippen molar-refractivity contribution in [2.75, 3.05) is 6.54 Å². The van der Waals surface area contributed by atoms with Crippen LogP contribution in [0, 0.1) is 17.5 Å². The highest BCUT2D eigenvalue weighted by Gasteiger charge is 2.18. The standard InChI is InChI=1S/C17H12F3N3O3/c18-10-6-5-9(13(19)14(10)20)15(24)21-7-8-23-12-4-2-1-3-11(12)22-16(25)17(23)26/h1-6H,7-8H2,(H,21,24)(H,22,25). The first-order valence-electron chi connectivity index (χ1n) is 7.53. The van der Waals surface area contributed by atoms with E-state index in [4.69, 9.17) is 0 Å². The van der Waals surface area contributed by atoms with Crippen LogP contribution in [-0.4, -0.2) is 22.0 Å². The summed E-state index contributed by atoms with van der Waals surface area (Å²) in [5.41, 5.74) is -1.40. The molecule has 26 heavy (non-hydrogen) atoms. The van der Waals surface area contributed by atoms with Crippen molar-refractivity contribution in [2.45, 2.75) is 6.54 Å². The summed E-state index contributed by atoms with van der Waals surface area (Å²) < 4.78 is 40.9. The Morgan fingerprint density at radius 1 is 1.04 bits per heavy atom. The van der Waals surface area contributed by atoms with Gasteiger partial charge in [-0.15, -0.1) is 0 Å². The van der Waals surface area contributed by atoms with Gasteiger partial charge in [0, 0.05) is 13.1 Å². The third-order valence-electron chi connectivity index (χ3n) is 3.78. The van der Waals surface area contributed by atoms with Gasteiger partial charge in [-0.05, 0) is 24.3 Å². The highest BCUT2D eigenvalue weighted by atomic mass is 19.2. The molecule has 134 valence electrons. The number of hydrogen-bond donors (Lipinski definition) is 2. The Labute approximate surface area is 143 Å². The molecule has 0 spiro atoms. The van der Waals surface area contributed by atoms with Crippen LogP contribution in [0.5, 0.6) is 0 Å². The number of amides is 1. The third-order valence-corrected chi connectivity index (χ3v) is 3.78. The van der Waals surface area contributed by atoms with E-state index in [1.807, 2.05) is 0 Å². The predicted octanol–water partition coefficient (Wildman–Crippen LogP) is 1.54. The lowest BCUT2D eigenvalue weighted by Crippen LogP contribution is -2.39. The van der Waals surface area contributed by atoms with Crippen molar-refractivity contribution in [3.63, 3.8) is 0 Å². The molecule has 0 bridgehead atoms. The molecule has 0 atom stereocenters. The van der Waals surface area contributed by atoms with E-state index in [0.29, 0.717) is 17.1 Å². The van der Waals surface area contributed by atoms with Crippen LogP contribution in [0.4, 0.5) is 13.2 Å². The van der Waals surface area contributed by atoms with Crippen LogP contribution < -0.4 is 16.4 Å². The highest BCUT2D eigenvalue weighted by molar-refractivity contribution is 5.94. The molecule has 0 saturated heterocycles. The number of nitrogens with zero attached hydrogens (tertiary/aromatic N) is 1. The lowest BCUT2D eigenvalue weighted by atomic mass is 10.2. The third kappa shape index (κ3) is 3.10. The Bertz CT molecular complexity index is 1120.